The fraction of sp³-hybridized carbons (Fsp3) is 0.261. The Balaban J connectivity index is 1.51. The predicted octanol–water partition coefficient (Wildman–Crippen LogP) is 3.01. The number of benzene rings is 2. The van der Waals surface area contributed by atoms with Gasteiger partial charge in [-0.25, -0.2) is 9.59 Å². The first kappa shape index (κ1) is 21.1. The third-order valence-electron chi connectivity index (χ3n) is 5.25. The van der Waals surface area contributed by atoms with Gasteiger partial charge in [-0.15, -0.1) is 0 Å². The molecule has 0 fully saturated rings. The molecular weight excluding hydrogens is 384 g/mol. The van der Waals surface area contributed by atoms with Crippen molar-refractivity contribution >= 4 is 18.0 Å². The first-order chi connectivity index (χ1) is 14.4. The van der Waals surface area contributed by atoms with Gasteiger partial charge in [0.25, 0.3) is 0 Å². The Bertz CT molecular complexity index is 940. The van der Waals surface area contributed by atoms with Crippen LogP contribution in [0.15, 0.2) is 60.7 Å². The van der Waals surface area contributed by atoms with Crippen molar-refractivity contribution in [3.05, 3.63) is 71.8 Å². The molecule has 1 aliphatic carbocycles. The van der Waals surface area contributed by atoms with Crippen LogP contribution in [-0.4, -0.2) is 54.2 Å². The van der Waals surface area contributed by atoms with Gasteiger partial charge in [-0.3, -0.25) is 4.79 Å². The molecule has 156 valence electrons. The van der Waals surface area contributed by atoms with Crippen LogP contribution >= 0.6 is 0 Å². The molecule has 1 aliphatic rings. The smallest absolute Gasteiger partial charge is 0.407 e. The number of nitrogens with one attached hydrogen (secondary N) is 1. The SMILES string of the molecule is CC(C(=O)O)N(C)C(=O)/C=C/CNC(=O)OCC1c2ccccc2-c2ccccc21. The molecule has 3 rings (SSSR count). The van der Waals surface area contributed by atoms with Gasteiger partial charge in [0.05, 0.1) is 0 Å². The Hall–Kier alpha value is -3.61. The van der Waals surface area contributed by atoms with E-state index in [1.807, 2.05) is 36.4 Å². The number of carboxylic acids is 1. The lowest BCUT2D eigenvalue weighted by Crippen LogP contribution is -2.39. The van der Waals surface area contributed by atoms with E-state index in [2.05, 4.69) is 17.4 Å². The minimum absolute atomic E-state index is 0.0218. The first-order valence-corrected chi connectivity index (χ1v) is 9.65. The van der Waals surface area contributed by atoms with Gasteiger partial charge in [-0.2, -0.15) is 0 Å². The van der Waals surface area contributed by atoms with Gasteiger partial charge in [0.1, 0.15) is 12.6 Å². The van der Waals surface area contributed by atoms with Crippen molar-refractivity contribution in [2.24, 2.45) is 0 Å². The summed E-state index contributed by atoms with van der Waals surface area (Å²) in [5, 5.41) is 11.5. The van der Waals surface area contributed by atoms with Crippen LogP contribution in [0, 0.1) is 0 Å². The number of aliphatic carboxylic acids is 1. The molecule has 0 bridgehead atoms. The molecule has 2 aromatic carbocycles. The number of likely N-dealkylation sites (N-methyl/N-ethyl adjacent to an activating group) is 1. The zero-order valence-electron chi connectivity index (χ0n) is 16.9. The summed E-state index contributed by atoms with van der Waals surface area (Å²) in [6.45, 7) is 1.72. The van der Waals surface area contributed by atoms with Gasteiger partial charge in [0, 0.05) is 25.6 Å². The maximum absolute atomic E-state index is 12.1. The number of hydrogen-bond acceptors (Lipinski definition) is 4. The summed E-state index contributed by atoms with van der Waals surface area (Å²) in [4.78, 5) is 36.0. The largest absolute Gasteiger partial charge is 0.480 e. The fourth-order valence-corrected chi connectivity index (χ4v) is 3.43. The standard InChI is InChI=1S/C23H24N2O5/c1-15(22(27)28)25(2)21(26)12-7-13-24-23(29)30-14-20-18-10-5-3-8-16(18)17-9-4-6-11-19(17)20/h3-12,15,20H,13-14H2,1-2H3,(H,24,29)(H,27,28)/b12-7+. The highest BCUT2D eigenvalue weighted by Crippen LogP contribution is 2.44. The van der Waals surface area contributed by atoms with E-state index >= 15 is 0 Å². The zero-order chi connectivity index (χ0) is 21.7. The van der Waals surface area contributed by atoms with Crippen LogP contribution in [0.1, 0.15) is 24.0 Å². The van der Waals surface area contributed by atoms with Crippen molar-refractivity contribution in [3.8, 4) is 11.1 Å². The monoisotopic (exact) mass is 408 g/mol. The molecular formula is C23H24N2O5. The Morgan fingerprint density at radius 3 is 2.23 bits per heavy atom. The quantitative estimate of drug-likeness (QED) is 0.687. The molecule has 0 radical (unpaired) electrons. The number of rotatable bonds is 7. The maximum Gasteiger partial charge on any atom is 0.407 e. The minimum Gasteiger partial charge on any atom is -0.480 e. The Morgan fingerprint density at radius 1 is 1.10 bits per heavy atom. The molecule has 1 unspecified atom stereocenters. The van der Waals surface area contributed by atoms with E-state index in [4.69, 9.17) is 9.84 Å². The van der Waals surface area contributed by atoms with Crippen molar-refractivity contribution in [2.45, 2.75) is 18.9 Å². The van der Waals surface area contributed by atoms with Gasteiger partial charge >= 0.3 is 12.1 Å². The summed E-state index contributed by atoms with van der Waals surface area (Å²) >= 11 is 0. The zero-order valence-corrected chi connectivity index (χ0v) is 16.9. The lowest BCUT2D eigenvalue weighted by atomic mass is 9.98. The van der Waals surface area contributed by atoms with Crippen molar-refractivity contribution in [3.63, 3.8) is 0 Å². The van der Waals surface area contributed by atoms with Crippen molar-refractivity contribution < 1.29 is 24.2 Å². The summed E-state index contributed by atoms with van der Waals surface area (Å²) < 4.78 is 5.41. The number of hydrogen-bond donors (Lipinski definition) is 2. The van der Waals surface area contributed by atoms with Crippen LogP contribution in [0.25, 0.3) is 11.1 Å². The van der Waals surface area contributed by atoms with E-state index in [9.17, 15) is 14.4 Å². The normalized spacial score (nSPS) is 13.4. The van der Waals surface area contributed by atoms with Gasteiger partial charge in [0.15, 0.2) is 0 Å². The molecule has 0 spiro atoms. The second-order valence-corrected chi connectivity index (χ2v) is 7.07. The molecule has 7 heteroatoms. The van der Waals surface area contributed by atoms with Crippen LogP contribution in [0.3, 0.4) is 0 Å². The summed E-state index contributed by atoms with van der Waals surface area (Å²) in [6.07, 6.45) is 2.10. The molecule has 1 atom stereocenters. The highest BCUT2D eigenvalue weighted by molar-refractivity contribution is 5.90. The fourth-order valence-electron chi connectivity index (χ4n) is 3.43. The van der Waals surface area contributed by atoms with E-state index in [0.717, 1.165) is 27.2 Å². The van der Waals surface area contributed by atoms with Crippen LogP contribution in [0.5, 0.6) is 0 Å². The molecule has 7 nitrogen and oxygen atoms in total. The van der Waals surface area contributed by atoms with Gasteiger partial charge in [-0.05, 0) is 29.2 Å². The average molecular weight is 408 g/mol. The molecule has 0 heterocycles. The first-order valence-electron chi connectivity index (χ1n) is 9.65. The summed E-state index contributed by atoms with van der Waals surface area (Å²) in [5.41, 5.74) is 4.58. The van der Waals surface area contributed by atoms with Crippen molar-refractivity contribution in [2.75, 3.05) is 20.2 Å². The summed E-state index contributed by atoms with van der Waals surface area (Å²) in [7, 11) is 1.41. The Kier molecular flexibility index (Phi) is 6.51. The molecule has 2 aromatic rings. The number of carbonyl (C=O) groups is 3. The summed E-state index contributed by atoms with van der Waals surface area (Å²) in [6, 6.07) is 15.2. The second-order valence-electron chi connectivity index (χ2n) is 7.07. The Morgan fingerprint density at radius 2 is 1.67 bits per heavy atom. The van der Waals surface area contributed by atoms with E-state index in [1.54, 1.807) is 0 Å². The topological polar surface area (TPSA) is 95.9 Å². The van der Waals surface area contributed by atoms with Crippen LogP contribution in [0.4, 0.5) is 4.79 Å². The molecule has 30 heavy (non-hydrogen) atoms. The number of nitrogens with zero attached hydrogens (tertiary/aromatic N) is 1. The maximum atomic E-state index is 12.1. The van der Waals surface area contributed by atoms with E-state index in [0.29, 0.717) is 0 Å². The van der Waals surface area contributed by atoms with Crippen molar-refractivity contribution in [1.29, 1.82) is 0 Å². The summed E-state index contributed by atoms with van der Waals surface area (Å²) in [5.74, 6) is -1.57. The van der Waals surface area contributed by atoms with Crippen LogP contribution in [0.2, 0.25) is 0 Å². The van der Waals surface area contributed by atoms with Crippen LogP contribution in [-0.2, 0) is 14.3 Å². The second kappa shape index (κ2) is 9.26. The van der Waals surface area contributed by atoms with Crippen molar-refractivity contribution in [1.82, 2.24) is 10.2 Å². The van der Waals surface area contributed by atoms with Gasteiger partial charge in [-0.1, -0.05) is 54.6 Å². The number of carboxylic acid groups (broad SMARTS) is 1. The van der Waals surface area contributed by atoms with Gasteiger partial charge < -0.3 is 20.1 Å². The van der Waals surface area contributed by atoms with Gasteiger partial charge in [0.2, 0.25) is 5.91 Å². The average Bonchev–Trinajstić information content (AvgIpc) is 3.07. The molecule has 2 N–H and O–H groups in total. The lowest BCUT2D eigenvalue weighted by molar-refractivity contribution is -0.146. The predicted molar refractivity (Wildman–Crippen MR) is 112 cm³/mol. The molecule has 0 aliphatic heterocycles. The lowest BCUT2D eigenvalue weighted by Gasteiger charge is -2.19. The van der Waals surface area contributed by atoms with E-state index in [-0.39, 0.29) is 19.1 Å². The third kappa shape index (κ3) is 4.51. The van der Waals surface area contributed by atoms with E-state index in [1.165, 1.54) is 26.1 Å². The number of carbonyl (C=O) groups excluding carboxylic acids is 2. The highest BCUT2D eigenvalue weighted by Gasteiger charge is 2.28. The van der Waals surface area contributed by atoms with Crippen LogP contribution < -0.4 is 5.32 Å². The number of alkyl carbamates (subject to hydrolysis) is 1. The number of fused-ring (bicyclic) bond motifs is 3. The highest BCUT2D eigenvalue weighted by atomic mass is 16.5. The Labute approximate surface area is 175 Å². The molecule has 0 saturated heterocycles. The third-order valence-corrected chi connectivity index (χ3v) is 5.25. The molecule has 2 amide bonds. The number of amides is 2. The minimum atomic E-state index is -1.09. The molecule has 0 saturated carbocycles. The molecule has 0 aromatic heterocycles. The van der Waals surface area contributed by atoms with E-state index < -0.39 is 24.0 Å². The number of ether oxygens (including phenoxy) is 1.